The van der Waals surface area contributed by atoms with Gasteiger partial charge in [0, 0.05) is 6.07 Å². The van der Waals surface area contributed by atoms with E-state index in [-0.39, 0.29) is 11.4 Å². The van der Waals surface area contributed by atoms with Crippen molar-refractivity contribution in [1.82, 2.24) is 10.1 Å². The molecule has 1 aromatic carbocycles. The highest BCUT2D eigenvalue weighted by Gasteiger charge is 2.13. The minimum Gasteiger partial charge on any atom is -0.452 e. The van der Waals surface area contributed by atoms with Gasteiger partial charge in [0.1, 0.15) is 11.3 Å². The fraction of sp³-hybridized carbons (Fsp3) is 0.143. The van der Waals surface area contributed by atoms with E-state index in [0.717, 1.165) is 0 Å². The van der Waals surface area contributed by atoms with E-state index >= 15 is 0 Å². The summed E-state index contributed by atoms with van der Waals surface area (Å²) in [4.78, 5) is 27.4. The van der Waals surface area contributed by atoms with Crippen molar-refractivity contribution in [2.75, 3.05) is 11.9 Å². The molecule has 0 fully saturated rings. The number of aryl methyl sites for hydroxylation is 1. The molecule has 8 nitrogen and oxygen atoms in total. The number of carbonyl (C=O) groups is 2. The number of esters is 1. The van der Waals surface area contributed by atoms with Crippen LogP contribution in [0.4, 0.5) is 5.82 Å². The Bertz CT molecular complexity index is 836. The lowest BCUT2D eigenvalue weighted by molar-refractivity contribution is -0.119. The van der Waals surface area contributed by atoms with E-state index in [4.69, 9.17) is 13.7 Å². The lowest BCUT2D eigenvalue weighted by Crippen LogP contribution is -2.21. The second-order valence-corrected chi connectivity index (χ2v) is 4.48. The van der Waals surface area contributed by atoms with E-state index in [1.54, 1.807) is 25.1 Å². The van der Waals surface area contributed by atoms with Gasteiger partial charge < -0.3 is 19.0 Å². The first-order valence-corrected chi connectivity index (χ1v) is 6.35. The molecule has 0 spiro atoms. The van der Waals surface area contributed by atoms with Gasteiger partial charge in [0.25, 0.3) is 5.91 Å². The Kier molecular flexibility index (Phi) is 3.57. The van der Waals surface area contributed by atoms with Gasteiger partial charge in [-0.15, -0.1) is 0 Å². The van der Waals surface area contributed by atoms with E-state index in [1.807, 2.05) is 0 Å². The van der Waals surface area contributed by atoms with Crippen LogP contribution in [0, 0.1) is 6.92 Å². The molecule has 0 radical (unpaired) electrons. The van der Waals surface area contributed by atoms with E-state index in [2.05, 4.69) is 15.5 Å². The van der Waals surface area contributed by atoms with Gasteiger partial charge in [-0.25, -0.2) is 9.78 Å². The molecule has 0 unspecified atom stereocenters. The zero-order valence-corrected chi connectivity index (χ0v) is 11.5. The number of benzene rings is 1. The number of fused-ring (bicyclic) bond motifs is 1. The molecule has 0 aliphatic heterocycles. The zero-order valence-electron chi connectivity index (χ0n) is 11.5. The third kappa shape index (κ3) is 2.95. The highest BCUT2D eigenvalue weighted by molar-refractivity contribution is 5.96. The van der Waals surface area contributed by atoms with Gasteiger partial charge in [-0.2, -0.15) is 0 Å². The van der Waals surface area contributed by atoms with Gasteiger partial charge in [-0.3, -0.25) is 4.79 Å². The van der Waals surface area contributed by atoms with Gasteiger partial charge in [-0.05, 0) is 25.1 Å². The average molecular weight is 301 g/mol. The van der Waals surface area contributed by atoms with Crippen molar-refractivity contribution >= 4 is 28.8 Å². The number of nitrogens with one attached hydrogen (secondary N) is 1. The van der Waals surface area contributed by atoms with Crippen LogP contribution in [0.15, 0.2) is 39.6 Å². The number of rotatable bonds is 4. The predicted octanol–water partition coefficient (Wildman–Crippen LogP) is 1.92. The van der Waals surface area contributed by atoms with E-state index in [9.17, 15) is 9.59 Å². The molecule has 2 heterocycles. The maximum absolute atomic E-state index is 11.9. The Hall–Kier alpha value is -3.16. The standard InChI is InChI=1S/C14H11N3O5/c1-8-4-12(17-22-8)16-13(18)6-20-14(19)9-2-3-10-11(5-9)21-7-15-10/h2-5,7H,6H2,1H3,(H,16,17,18). The normalized spacial score (nSPS) is 10.6. The number of hydrogen-bond donors (Lipinski definition) is 1. The summed E-state index contributed by atoms with van der Waals surface area (Å²) in [6, 6.07) is 6.24. The number of aromatic nitrogens is 2. The molecule has 2 aromatic heterocycles. The summed E-state index contributed by atoms with van der Waals surface area (Å²) < 4.78 is 14.8. The monoisotopic (exact) mass is 301 g/mol. The van der Waals surface area contributed by atoms with E-state index in [1.165, 1.54) is 12.5 Å². The van der Waals surface area contributed by atoms with Crippen LogP contribution in [0.1, 0.15) is 16.1 Å². The number of carbonyl (C=O) groups excluding carboxylic acids is 2. The van der Waals surface area contributed by atoms with Crippen molar-refractivity contribution < 1.29 is 23.3 Å². The van der Waals surface area contributed by atoms with Crippen LogP contribution in [0.2, 0.25) is 0 Å². The van der Waals surface area contributed by atoms with Crippen LogP contribution in [-0.2, 0) is 9.53 Å². The molecule has 3 aromatic rings. The molecule has 3 rings (SSSR count). The lowest BCUT2D eigenvalue weighted by atomic mass is 10.2. The largest absolute Gasteiger partial charge is 0.452 e. The highest BCUT2D eigenvalue weighted by Crippen LogP contribution is 2.15. The van der Waals surface area contributed by atoms with Crippen LogP contribution < -0.4 is 5.32 Å². The smallest absolute Gasteiger partial charge is 0.338 e. The molecule has 0 atom stereocenters. The van der Waals surface area contributed by atoms with Crippen LogP contribution in [0.5, 0.6) is 0 Å². The SMILES string of the molecule is Cc1cc(NC(=O)COC(=O)c2ccc3ncoc3c2)no1. The topological polar surface area (TPSA) is 107 Å². The van der Waals surface area contributed by atoms with Crippen LogP contribution in [0.3, 0.4) is 0 Å². The number of amides is 1. The maximum Gasteiger partial charge on any atom is 0.338 e. The van der Waals surface area contributed by atoms with Crippen molar-refractivity contribution in [2.24, 2.45) is 0 Å². The summed E-state index contributed by atoms with van der Waals surface area (Å²) in [6.45, 7) is 1.27. The quantitative estimate of drug-likeness (QED) is 0.733. The molecule has 0 saturated heterocycles. The fourth-order valence-electron chi connectivity index (χ4n) is 1.80. The Morgan fingerprint density at radius 2 is 2.18 bits per heavy atom. The van der Waals surface area contributed by atoms with Crippen LogP contribution >= 0.6 is 0 Å². The van der Waals surface area contributed by atoms with Gasteiger partial charge in [0.2, 0.25) is 0 Å². The first-order chi connectivity index (χ1) is 10.6. The first kappa shape index (κ1) is 13.8. The summed E-state index contributed by atoms with van der Waals surface area (Å²) in [5, 5.41) is 6.05. The van der Waals surface area contributed by atoms with Crippen molar-refractivity contribution in [3.63, 3.8) is 0 Å². The summed E-state index contributed by atoms with van der Waals surface area (Å²) in [6.07, 6.45) is 1.28. The Labute approximate surface area is 124 Å². The first-order valence-electron chi connectivity index (χ1n) is 6.35. The van der Waals surface area contributed by atoms with Gasteiger partial charge in [-0.1, -0.05) is 5.16 Å². The fourth-order valence-corrected chi connectivity index (χ4v) is 1.80. The van der Waals surface area contributed by atoms with Crippen molar-refractivity contribution in [1.29, 1.82) is 0 Å². The van der Waals surface area contributed by atoms with Gasteiger partial charge >= 0.3 is 5.97 Å². The lowest BCUT2D eigenvalue weighted by Gasteiger charge is -2.04. The zero-order chi connectivity index (χ0) is 15.5. The number of nitrogens with zero attached hydrogens (tertiary/aromatic N) is 2. The second kappa shape index (κ2) is 5.68. The van der Waals surface area contributed by atoms with Crippen LogP contribution in [0.25, 0.3) is 11.1 Å². The average Bonchev–Trinajstić information content (AvgIpc) is 3.12. The summed E-state index contributed by atoms with van der Waals surface area (Å²) in [7, 11) is 0. The molecule has 0 aliphatic carbocycles. The van der Waals surface area contributed by atoms with Gasteiger partial charge in [0.15, 0.2) is 24.4 Å². The highest BCUT2D eigenvalue weighted by atomic mass is 16.5. The van der Waals surface area contributed by atoms with Crippen LogP contribution in [-0.4, -0.2) is 28.6 Å². The minimum absolute atomic E-state index is 0.265. The second-order valence-electron chi connectivity index (χ2n) is 4.48. The van der Waals surface area contributed by atoms with Crippen molar-refractivity contribution in [2.45, 2.75) is 6.92 Å². The number of hydrogen-bond acceptors (Lipinski definition) is 7. The maximum atomic E-state index is 11.9. The van der Waals surface area contributed by atoms with E-state index in [0.29, 0.717) is 16.9 Å². The molecular weight excluding hydrogens is 290 g/mol. The third-order valence-corrected chi connectivity index (χ3v) is 2.80. The summed E-state index contributed by atoms with van der Waals surface area (Å²) >= 11 is 0. The summed E-state index contributed by atoms with van der Waals surface area (Å²) in [5.74, 6) is -0.318. The molecule has 0 saturated carbocycles. The molecular formula is C14H11N3O5. The third-order valence-electron chi connectivity index (χ3n) is 2.80. The number of anilines is 1. The van der Waals surface area contributed by atoms with Gasteiger partial charge in [0.05, 0.1) is 5.56 Å². The number of oxazole rings is 1. The minimum atomic E-state index is -0.634. The molecule has 1 N–H and O–H groups in total. The Morgan fingerprint density at radius 3 is 2.95 bits per heavy atom. The Balaban J connectivity index is 1.58. The molecule has 0 bridgehead atoms. The molecule has 112 valence electrons. The summed E-state index contributed by atoms with van der Waals surface area (Å²) in [5.41, 5.74) is 1.38. The molecule has 22 heavy (non-hydrogen) atoms. The Morgan fingerprint density at radius 1 is 1.32 bits per heavy atom. The molecule has 1 amide bonds. The predicted molar refractivity (Wildman–Crippen MR) is 74.2 cm³/mol. The van der Waals surface area contributed by atoms with Crippen molar-refractivity contribution in [3.8, 4) is 0 Å². The molecule has 0 aliphatic rings. The van der Waals surface area contributed by atoms with E-state index < -0.39 is 18.5 Å². The van der Waals surface area contributed by atoms with Crippen molar-refractivity contribution in [3.05, 3.63) is 42.0 Å². The number of ether oxygens (including phenoxy) is 1. The molecule has 8 heteroatoms.